The van der Waals surface area contributed by atoms with Gasteiger partial charge in [-0.1, -0.05) is 23.2 Å². The quantitative estimate of drug-likeness (QED) is 0.573. The minimum absolute atomic E-state index is 0.0585. The lowest BCUT2D eigenvalue weighted by Gasteiger charge is -2.09. The van der Waals surface area contributed by atoms with E-state index >= 15 is 0 Å². The van der Waals surface area contributed by atoms with Crippen molar-refractivity contribution < 1.29 is 9.55 Å². The van der Waals surface area contributed by atoms with Gasteiger partial charge in [0.05, 0.1) is 15.6 Å². The molecule has 21 heavy (non-hydrogen) atoms. The van der Waals surface area contributed by atoms with Gasteiger partial charge in [-0.15, -0.1) is 0 Å². The van der Waals surface area contributed by atoms with Crippen molar-refractivity contribution in [2.45, 2.75) is 0 Å². The molecule has 9 heteroatoms. The van der Waals surface area contributed by atoms with E-state index in [-0.39, 0.29) is 16.9 Å². The maximum atomic E-state index is 11.3. The molecule has 3 rings (SSSR count). The summed E-state index contributed by atoms with van der Waals surface area (Å²) < 4.78 is 4.52. The van der Waals surface area contributed by atoms with Crippen LogP contribution in [0, 0.1) is 10.1 Å². The van der Waals surface area contributed by atoms with Crippen molar-refractivity contribution in [3.05, 3.63) is 50.5 Å². The van der Waals surface area contributed by atoms with Crippen LogP contribution in [0.5, 0.6) is 0 Å². The molecule has 106 valence electrons. The summed E-state index contributed by atoms with van der Waals surface area (Å²) >= 11 is 11.9. The second-order valence-electron chi connectivity index (χ2n) is 4.10. The number of nitrogens with one attached hydrogen (secondary N) is 1. The molecule has 0 atom stereocenters. The van der Waals surface area contributed by atoms with Gasteiger partial charge in [-0.2, -0.15) is 0 Å². The van der Waals surface area contributed by atoms with Gasteiger partial charge in [-0.25, -0.2) is 4.63 Å². The van der Waals surface area contributed by atoms with Gasteiger partial charge in [-0.05, 0) is 40.6 Å². The van der Waals surface area contributed by atoms with Crippen LogP contribution in [0.3, 0.4) is 0 Å². The average Bonchev–Trinajstić information content (AvgIpc) is 2.90. The lowest BCUT2D eigenvalue weighted by Crippen LogP contribution is -1.98. The van der Waals surface area contributed by atoms with Crippen LogP contribution in [0.1, 0.15) is 0 Å². The number of benzene rings is 2. The Morgan fingerprint density at radius 3 is 2.71 bits per heavy atom. The van der Waals surface area contributed by atoms with Crippen LogP contribution < -0.4 is 5.32 Å². The highest BCUT2D eigenvalue weighted by molar-refractivity contribution is 6.35. The van der Waals surface area contributed by atoms with E-state index in [4.69, 9.17) is 23.2 Å². The molecule has 7 nitrogen and oxygen atoms in total. The van der Waals surface area contributed by atoms with Gasteiger partial charge in [0.1, 0.15) is 11.2 Å². The summed E-state index contributed by atoms with van der Waals surface area (Å²) in [4.78, 5) is 10.7. The smallest absolute Gasteiger partial charge is 0.323 e. The zero-order valence-corrected chi connectivity index (χ0v) is 11.7. The van der Waals surface area contributed by atoms with Gasteiger partial charge < -0.3 is 5.32 Å². The number of hydrogen-bond donors (Lipinski definition) is 1. The third kappa shape index (κ3) is 2.48. The molecule has 0 fully saturated rings. The molecule has 0 saturated carbocycles. The fraction of sp³-hybridized carbons (Fsp3) is 0. The van der Waals surface area contributed by atoms with Crippen molar-refractivity contribution in [2.24, 2.45) is 0 Å². The molecule has 1 heterocycles. The van der Waals surface area contributed by atoms with E-state index in [1.807, 2.05) is 0 Å². The summed E-state index contributed by atoms with van der Waals surface area (Å²) in [6, 6.07) is 7.84. The van der Waals surface area contributed by atoms with Gasteiger partial charge in [0.2, 0.25) is 5.52 Å². The van der Waals surface area contributed by atoms with Gasteiger partial charge in [0.25, 0.3) is 0 Å². The second kappa shape index (κ2) is 5.19. The monoisotopic (exact) mass is 324 g/mol. The molecule has 1 aromatic heterocycles. The lowest BCUT2D eigenvalue weighted by molar-refractivity contribution is -0.382. The molecule has 0 aliphatic carbocycles. The molecule has 0 amide bonds. The number of nitrogens with zero attached hydrogens (tertiary/aromatic N) is 3. The van der Waals surface area contributed by atoms with Gasteiger partial charge in [-0.3, -0.25) is 10.1 Å². The largest absolute Gasteiger partial charge is 0.349 e. The van der Waals surface area contributed by atoms with E-state index in [1.165, 1.54) is 6.07 Å². The number of nitro groups is 1. The van der Waals surface area contributed by atoms with Crippen LogP contribution in [0.4, 0.5) is 17.1 Å². The van der Waals surface area contributed by atoms with Crippen molar-refractivity contribution in [1.82, 2.24) is 10.3 Å². The van der Waals surface area contributed by atoms with Crippen LogP contribution in [0.2, 0.25) is 10.0 Å². The first-order valence-electron chi connectivity index (χ1n) is 5.68. The first kappa shape index (κ1) is 13.6. The minimum Gasteiger partial charge on any atom is -0.349 e. The standard InChI is InChI=1S/C12H6Cl2N4O3/c13-6-1-2-7(14)10(5-6)15-9-4-3-8-11(17-21-16-8)12(9)18(19)20/h1-5,15H. The normalized spacial score (nSPS) is 10.8. The Labute approximate surface area is 127 Å². The number of aromatic nitrogens is 2. The molecule has 0 aliphatic heterocycles. The Morgan fingerprint density at radius 2 is 1.95 bits per heavy atom. The van der Waals surface area contributed by atoms with E-state index in [0.717, 1.165) is 0 Å². The van der Waals surface area contributed by atoms with Crippen LogP contribution in [-0.4, -0.2) is 15.2 Å². The molecule has 1 N–H and O–H groups in total. The number of fused-ring (bicyclic) bond motifs is 1. The lowest BCUT2D eigenvalue weighted by atomic mass is 10.2. The van der Waals surface area contributed by atoms with Crippen LogP contribution in [0.25, 0.3) is 11.0 Å². The third-order valence-electron chi connectivity index (χ3n) is 2.78. The topological polar surface area (TPSA) is 94.1 Å². The Hall–Kier alpha value is -2.38. The van der Waals surface area contributed by atoms with Crippen LogP contribution in [0.15, 0.2) is 35.0 Å². The average molecular weight is 325 g/mol. The molecule has 0 unspecified atom stereocenters. The first-order chi connectivity index (χ1) is 10.1. The number of halogens is 2. The first-order valence-corrected chi connectivity index (χ1v) is 6.43. The molecule has 0 aliphatic rings. The summed E-state index contributed by atoms with van der Waals surface area (Å²) in [5.41, 5.74) is 0.771. The maximum absolute atomic E-state index is 11.3. The Kier molecular flexibility index (Phi) is 3.36. The van der Waals surface area contributed by atoms with Crippen LogP contribution in [-0.2, 0) is 0 Å². The van der Waals surface area contributed by atoms with Crippen LogP contribution >= 0.6 is 23.2 Å². The highest BCUT2D eigenvalue weighted by atomic mass is 35.5. The Bertz CT molecular complexity index is 850. The van der Waals surface area contributed by atoms with E-state index in [9.17, 15) is 10.1 Å². The van der Waals surface area contributed by atoms with E-state index in [2.05, 4.69) is 20.3 Å². The number of rotatable bonds is 3. The predicted octanol–water partition coefficient (Wildman–Crippen LogP) is 4.18. The molecule has 3 aromatic rings. The second-order valence-corrected chi connectivity index (χ2v) is 4.94. The molecular weight excluding hydrogens is 319 g/mol. The highest BCUT2D eigenvalue weighted by Gasteiger charge is 2.23. The Balaban J connectivity index is 2.14. The fourth-order valence-corrected chi connectivity index (χ4v) is 2.20. The van der Waals surface area contributed by atoms with E-state index in [1.54, 1.807) is 24.3 Å². The highest BCUT2D eigenvalue weighted by Crippen LogP contribution is 2.36. The van der Waals surface area contributed by atoms with Crippen molar-refractivity contribution >= 4 is 51.3 Å². The summed E-state index contributed by atoms with van der Waals surface area (Å²) in [7, 11) is 0. The molecule has 2 aromatic carbocycles. The third-order valence-corrected chi connectivity index (χ3v) is 3.35. The zero-order valence-electron chi connectivity index (χ0n) is 10.2. The summed E-state index contributed by atoms with van der Waals surface area (Å²) in [5.74, 6) is 0. The summed E-state index contributed by atoms with van der Waals surface area (Å²) in [6.45, 7) is 0. The van der Waals surface area contributed by atoms with Crippen molar-refractivity contribution in [3.8, 4) is 0 Å². The molecule has 0 spiro atoms. The van der Waals surface area contributed by atoms with Gasteiger partial charge in [0.15, 0.2) is 0 Å². The Morgan fingerprint density at radius 1 is 1.14 bits per heavy atom. The van der Waals surface area contributed by atoms with Crippen molar-refractivity contribution in [1.29, 1.82) is 0 Å². The molecular formula is C12H6Cl2N4O3. The number of hydrogen-bond acceptors (Lipinski definition) is 6. The predicted molar refractivity (Wildman–Crippen MR) is 78.2 cm³/mol. The summed E-state index contributed by atoms with van der Waals surface area (Å²) in [5, 5.41) is 22.1. The molecule has 0 bridgehead atoms. The fourth-order valence-electron chi connectivity index (χ4n) is 1.86. The summed E-state index contributed by atoms with van der Waals surface area (Å²) in [6.07, 6.45) is 0. The SMILES string of the molecule is O=[N+]([O-])c1c(Nc2cc(Cl)ccc2Cl)ccc2nonc12. The van der Waals surface area contributed by atoms with Crippen molar-refractivity contribution in [2.75, 3.05) is 5.32 Å². The van der Waals surface area contributed by atoms with Gasteiger partial charge in [0, 0.05) is 5.02 Å². The minimum atomic E-state index is -0.562. The molecule has 0 saturated heterocycles. The number of anilines is 2. The molecule has 0 radical (unpaired) electrons. The van der Waals surface area contributed by atoms with Gasteiger partial charge >= 0.3 is 5.69 Å². The zero-order chi connectivity index (χ0) is 15.0. The maximum Gasteiger partial charge on any atom is 0.323 e. The van der Waals surface area contributed by atoms with Crippen molar-refractivity contribution in [3.63, 3.8) is 0 Å². The number of nitro benzene ring substituents is 1. The van der Waals surface area contributed by atoms with E-state index < -0.39 is 4.92 Å². The van der Waals surface area contributed by atoms with E-state index in [0.29, 0.717) is 21.2 Å².